The minimum Gasteiger partial charge on any atom is -0.351 e. The van der Waals surface area contributed by atoms with Crippen LogP contribution in [0.1, 0.15) is 32.4 Å². The number of benzene rings is 1. The topological polar surface area (TPSA) is 87.5 Å². The van der Waals surface area contributed by atoms with Gasteiger partial charge in [0.1, 0.15) is 0 Å². The first kappa shape index (κ1) is 17.9. The Morgan fingerprint density at radius 3 is 2.54 bits per heavy atom. The Balaban J connectivity index is 2.58. The molecule has 1 aliphatic heterocycles. The number of nitrogens with one attached hydrogen (secondary N) is 2. The molecular weight excluding hydrogens is 328 g/mol. The normalized spacial score (nSPS) is 17.1. The van der Waals surface area contributed by atoms with E-state index in [1.807, 2.05) is 13.8 Å². The molecule has 2 N–H and O–H groups in total. The monoisotopic (exact) mass is 348 g/mol. The van der Waals surface area contributed by atoms with E-state index in [0.717, 1.165) is 0 Å². The van der Waals surface area contributed by atoms with Crippen molar-refractivity contribution in [1.82, 2.24) is 15.5 Å². The van der Waals surface area contributed by atoms with Crippen molar-refractivity contribution in [3.8, 4) is 0 Å². The summed E-state index contributed by atoms with van der Waals surface area (Å²) in [7, 11) is 0. The molecule has 0 saturated heterocycles. The van der Waals surface area contributed by atoms with Gasteiger partial charge in [-0.2, -0.15) is 0 Å². The molecular formula is C16H20N4O3S. The van der Waals surface area contributed by atoms with Crippen molar-refractivity contribution in [2.24, 2.45) is 0 Å². The molecule has 1 heterocycles. The lowest BCUT2D eigenvalue weighted by molar-refractivity contribution is -0.385. The number of rotatable bonds is 5. The van der Waals surface area contributed by atoms with Crippen LogP contribution in [-0.4, -0.2) is 33.9 Å². The summed E-state index contributed by atoms with van der Waals surface area (Å²) in [6, 6.07) is 5.73. The number of para-hydroxylation sites is 1. The van der Waals surface area contributed by atoms with Crippen molar-refractivity contribution in [3.05, 3.63) is 51.2 Å². The average Bonchev–Trinajstić information content (AvgIpc) is 2.55. The Labute approximate surface area is 145 Å². The molecule has 128 valence electrons. The van der Waals surface area contributed by atoms with E-state index in [2.05, 4.69) is 10.6 Å². The Morgan fingerprint density at radius 1 is 1.33 bits per heavy atom. The minimum atomic E-state index is -0.659. The number of likely N-dealkylation sites (N-methyl/N-ethyl adjacent to an activating group) is 1. The van der Waals surface area contributed by atoms with Gasteiger partial charge >= 0.3 is 0 Å². The molecule has 0 radical (unpaired) electrons. The van der Waals surface area contributed by atoms with Crippen LogP contribution < -0.4 is 10.6 Å². The predicted molar refractivity (Wildman–Crippen MR) is 95.3 cm³/mol. The van der Waals surface area contributed by atoms with Gasteiger partial charge in [0.15, 0.2) is 5.11 Å². The first-order valence-electron chi connectivity index (χ1n) is 7.71. The Kier molecular flexibility index (Phi) is 5.50. The molecule has 1 amide bonds. The molecule has 0 aliphatic carbocycles. The number of carbonyl (C=O) groups is 1. The molecule has 1 aromatic rings. The fraction of sp³-hybridized carbons (Fsp3) is 0.375. The van der Waals surface area contributed by atoms with Gasteiger partial charge in [-0.05, 0) is 39.1 Å². The van der Waals surface area contributed by atoms with Crippen LogP contribution in [0.2, 0.25) is 0 Å². The van der Waals surface area contributed by atoms with Crippen LogP contribution in [0.3, 0.4) is 0 Å². The number of hydrogen-bond acceptors (Lipinski definition) is 4. The van der Waals surface area contributed by atoms with Crippen molar-refractivity contribution in [3.63, 3.8) is 0 Å². The standard InChI is InChI=1S/C16H20N4O3S/c1-4-19(5-2)15(21)13-10(3)17-16(24)18-14(13)11-8-6-7-9-12(11)20(22)23/h6-9,14H,4-5H2,1-3H3,(H2,17,18,24)/t14-/m1/s1. The molecule has 0 fully saturated rings. The van der Waals surface area contributed by atoms with Crippen LogP contribution in [0.15, 0.2) is 35.5 Å². The number of allylic oxidation sites excluding steroid dienone is 1. The number of thiocarbonyl (C=S) groups is 1. The van der Waals surface area contributed by atoms with E-state index in [4.69, 9.17) is 12.2 Å². The number of nitro benzene ring substituents is 1. The Bertz CT molecular complexity index is 713. The molecule has 1 atom stereocenters. The second-order valence-electron chi connectivity index (χ2n) is 5.36. The Hall–Kier alpha value is -2.48. The smallest absolute Gasteiger partial charge is 0.275 e. The second-order valence-corrected chi connectivity index (χ2v) is 5.77. The molecule has 0 unspecified atom stereocenters. The second kappa shape index (κ2) is 7.39. The summed E-state index contributed by atoms with van der Waals surface area (Å²) in [5.41, 5.74) is 1.43. The van der Waals surface area contributed by atoms with Crippen molar-refractivity contribution in [1.29, 1.82) is 0 Å². The van der Waals surface area contributed by atoms with Gasteiger partial charge in [0.05, 0.1) is 22.1 Å². The van der Waals surface area contributed by atoms with Crippen molar-refractivity contribution in [2.45, 2.75) is 26.8 Å². The molecule has 1 aliphatic rings. The summed E-state index contributed by atoms with van der Waals surface area (Å²) in [5.74, 6) is -0.164. The van der Waals surface area contributed by atoms with E-state index in [1.54, 1.807) is 30.0 Å². The van der Waals surface area contributed by atoms with Gasteiger partial charge in [0, 0.05) is 24.9 Å². The van der Waals surface area contributed by atoms with Gasteiger partial charge in [-0.3, -0.25) is 14.9 Å². The zero-order valence-electron chi connectivity index (χ0n) is 13.8. The third-order valence-corrected chi connectivity index (χ3v) is 4.21. The highest BCUT2D eigenvalue weighted by molar-refractivity contribution is 7.80. The zero-order chi connectivity index (χ0) is 17.9. The first-order valence-corrected chi connectivity index (χ1v) is 8.12. The fourth-order valence-electron chi connectivity index (χ4n) is 2.79. The molecule has 8 heteroatoms. The van der Waals surface area contributed by atoms with Gasteiger partial charge in [0.25, 0.3) is 11.6 Å². The first-order chi connectivity index (χ1) is 11.4. The van der Waals surface area contributed by atoms with Crippen molar-refractivity contribution in [2.75, 3.05) is 13.1 Å². The molecule has 0 bridgehead atoms. The van der Waals surface area contributed by atoms with E-state index >= 15 is 0 Å². The summed E-state index contributed by atoms with van der Waals surface area (Å²) < 4.78 is 0. The lowest BCUT2D eigenvalue weighted by atomic mass is 9.93. The summed E-state index contributed by atoms with van der Waals surface area (Å²) in [5, 5.41) is 17.7. The van der Waals surface area contributed by atoms with Crippen molar-refractivity contribution >= 4 is 28.9 Å². The van der Waals surface area contributed by atoms with E-state index < -0.39 is 11.0 Å². The summed E-state index contributed by atoms with van der Waals surface area (Å²) >= 11 is 5.18. The molecule has 0 saturated carbocycles. The van der Waals surface area contributed by atoms with E-state index in [-0.39, 0.29) is 11.6 Å². The third kappa shape index (κ3) is 3.38. The maximum atomic E-state index is 12.9. The molecule has 0 spiro atoms. The van der Waals surface area contributed by atoms with E-state index in [9.17, 15) is 14.9 Å². The molecule has 24 heavy (non-hydrogen) atoms. The highest BCUT2D eigenvalue weighted by Crippen LogP contribution is 2.33. The van der Waals surface area contributed by atoms with Gasteiger partial charge in [-0.25, -0.2) is 0 Å². The summed E-state index contributed by atoms with van der Waals surface area (Å²) in [6.45, 7) is 6.66. The number of carbonyl (C=O) groups excluding carboxylic acids is 1. The third-order valence-electron chi connectivity index (χ3n) is 3.99. The van der Waals surface area contributed by atoms with Crippen molar-refractivity contribution < 1.29 is 9.72 Å². The average molecular weight is 348 g/mol. The molecule has 0 aromatic heterocycles. The van der Waals surface area contributed by atoms with E-state index in [1.165, 1.54) is 6.07 Å². The van der Waals surface area contributed by atoms with Crippen LogP contribution in [0, 0.1) is 10.1 Å². The van der Waals surface area contributed by atoms with Crippen LogP contribution in [0.25, 0.3) is 0 Å². The highest BCUT2D eigenvalue weighted by atomic mass is 32.1. The molecule has 2 rings (SSSR count). The predicted octanol–water partition coefficient (Wildman–Crippen LogP) is 2.26. The van der Waals surface area contributed by atoms with Gasteiger partial charge in [-0.1, -0.05) is 12.1 Å². The number of amides is 1. The SMILES string of the molecule is CCN(CC)C(=O)C1=C(C)NC(=S)N[C@@H]1c1ccccc1[N+](=O)[O-]. The Morgan fingerprint density at radius 2 is 1.96 bits per heavy atom. The molecule has 7 nitrogen and oxygen atoms in total. The van der Waals surface area contributed by atoms with E-state index in [0.29, 0.717) is 35.0 Å². The lowest BCUT2D eigenvalue weighted by Gasteiger charge is -2.32. The summed E-state index contributed by atoms with van der Waals surface area (Å²) in [6.07, 6.45) is 0. The maximum absolute atomic E-state index is 12.9. The number of nitro groups is 1. The largest absolute Gasteiger partial charge is 0.351 e. The number of nitrogens with zero attached hydrogens (tertiary/aromatic N) is 2. The van der Waals surface area contributed by atoms with Crippen LogP contribution in [0.5, 0.6) is 0 Å². The van der Waals surface area contributed by atoms with Crippen LogP contribution in [0.4, 0.5) is 5.69 Å². The zero-order valence-corrected chi connectivity index (χ0v) is 14.6. The van der Waals surface area contributed by atoms with Crippen LogP contribution in [-0.2, 0) is 4.79 Å². The summed E-state index contributed by atoms with van der Waals surface area (Å²) in [4.78, 5) is 25.5. The maximum Gasteiger partial charge on any atom is 0.275 e. The minimum absolute atomic E-state index is 0.0441. The van der Waals surface area contributed by atoms with Gasteiger partial charge < -0.3 is 15.5 Å². The van der Waals surface area contributed by atoms with Gasteiger partial charge in [-0.15, -0.1) is 0 Å². The number of hydrogen-bond donors (Lipinski definition) is 2. The molecule has 1 aromatic carbocycles. The van der Waals surface area contributed by atoms with Crippen LogP contribution >= 0.6 is 12.2 Å². The quantitative estimate of drug-likeness (QED) is 0.482. The highest BCUT2D eigenvalue weighted by Gasteiger charge is 2.35. The lowest BCUT2D eigenvalue weighted by Crippen LogP contribution is -2.47. The fourth-order valence-corrected chi connectivity index (χ4v) is 3.06. The van der Waals surface area contributed by atoms with Gasteiger partial charge in [0.2, 0.25) is 0 Å².